The summed E-state index contributed by atoms with van der Waals surface area (Å²) in [6.45, 7) is 4.25. The lowest BCUT2D eigenvalue weighted by atomic mass is 9.74. The van der Waals surface area contributed by atoms with Crippen LogP contribution in [0.4, 0.5) is 0 Å². The summed E-state index contributed by atoms with van der Waals surface area (Å²) >= 11 is 0. The molecule has 1 unspecified atom stereocenters. The van der Waals surface area contributed by atoms with Crippen molar-refractivity contribution < 1.29 is 0 Å². The molecule has 0 saturated heterocycles. The number of aryl methyl sites for hydroxylation is 2. The molecular formula is C22H20N8. The number of aromatic amines is 1. The van der Waals surface area contributed by atoms with Crippen molar-refractivity contribution in [2.45, 2.75) is 32.7 Å². The standard InChI is InChI=1S/C22H20N8/c1-3-13-12-29(30-22(13)23-19(4-2)26-30)20-14-9-10-16(18(20)11-14)15-7-5-6-8-17(15)21-24-27-28-25-21/h5-12,20H,3-4H2,1-2H3,(H,24,25,27,28). The van der Waals surface area contributed by atoms with E-state index in [2.05, 4.69) is 69.6 Å². The normalized spacial score (nSPS) is 17.5. The summed E-state index contributed by atoms with van der Waals surface area (Å²) in [7, 11) is 0. The second kappa shape index (κ2) is 6.35. The highest BCUT2D eigenvalue weighted by Crippen LogP contribution is 2.49. The number of nitrogens with one attached hydrogen (secondary N) is 1. The van der Waals surface area contributed by atoms with Crippen LogP contribution >= 0.6 is 0 Å². The average molecular weight is 396 g/mol. The summed E-state index contributed by atoms with van der Waals surface area (Å²) in [5.41, 5.74) is 7.94. The van der Waals surface area contributed by atoms with E-state index < -0.39 is 0 Å². The predicted molar refractivity (Wildman–Crippen MR) is 113 cm³/mol. The van der Waals surface area contributed by atoms with Gasteiger partial charge in [0.05, 0.1) is 0 Å². The molecule has 8 heteroatoms. The maximum atomic E-state index is 4.75. The number of hydrogen-bond acceptors (Lipinski definition) is 5. The van der Waals surface area contributed by atoms with Crippen molar-refractivity contribution in [3.05, 3.63) is 76.8 Å². The second-order valence-electron chi connectivity index (χ2n) is 7.51. The first kappa shape index (κ1) is 17.1. The smallest absolute Gasteiger partial charge is 0.205 e. The third-order valence-corrected chi connectivity index (χ3v) is 5.88. The molecule has 2 aliphatic carbocycles. The molecule has 0 radical (unpaired) electrons. The SMILES string of the molecule is CCc1nc2c(CC)cn(C3c4ccc(-c5ccccc5-c5nn[nH]n5)c3c4)n2n1. The number of nitrogens with zero attached hydrogens (tertiary/aromatic N) is 7. The molecule has 0 spiro atoms. The molecule has 1 atom stereocenters. The zero-order chi connectivity index (χ0) is 20.2. The lowest BCUT2D eigenvalue weighted by Crippen LogP contribution is -2.27. The van der Waals surface area contributed by atoms with Crippen molar-refractivity contribution in [2.75, 3.05) is 0 Å². The van der Waals surface area contributed by atoms with Crippen molar-refractivity contribution in [2.24, 2.45) is 0 Å². The van der Waals surface area contributed by atoms with Gasteiger partial charge in [-0.25, -0.2) is 4.98 Å². The van der Waals surface area contributed by atoms with Crippen LogP contribution < -0.4 is 0 Å². The van der Waals surface area contributed by atoms with Gasteiger partial charge in [0, 0.05) is 23.7 Å². The van der Waals surface area contributed by atoms with Gasteiger partial charge in [-0.2, -0.15) is 9.84 Å². The van der Waals surface area contributed by atoms with Crippen molar-refractivity contribution in [3.8, 4) is 11.4 Å². The molecule has 1 aromatic carbocycles. The largest absolute Gasteiger partial charge is 0.258 e. The van der Waals surface area contributed by atoms with Gasteiger partial charge in [0.2, 0.25) is 5.82 Å². The first-order valence-electron chi connectivity index (χ1n) is 10.2. The van der Waals surface area contributed by atoms with Crippen LogP contribution in [0.1, 0.15) is 36.8 Å². The minimum atomic E-state index is 0.123. The van der Waals surface area contributed by atoms with Crippen LogP contribution in [0.15, 0.2) is 59.8 Å². The monoisotopic (exact) mass is 396 g/mol. The Morgan fingerprint density at radius 1 is 1.07 bits per heavy atom. The van der Waals surface area contributed by atoms with Gasteiger partial charge in [-0.3, -0.25) is 4.68 Å². The second-order valence-corrected chi connectivity index (χ2v) is 7.51. The van der Waals surface area contributed by atoms with E-state index in [-0.39, 0.29) is 6.04 Å². The molecular weight excluding hydrogens is 376 g/mol. The van der Waals surface area contributed by atoms with Gasteiger partial charge < -0.3 is 0 Å². The highest BCUT2D eigenvalue weighted by atomic mass is 15.5. The Balaban J connectivity index is 1.46. The molecule has 8 nitrogen and oxygen atoms in total. The number of H-pyrrole nitrogens is 1. The molecule has 30 heavy (non-hydrogen) atoms. The molecule has 2 bridgehead atoms. The van der Waals surface area contributed by atoms with Gasteiger partial charge in [0.1, 0.15) is 6.04 Å². The fraction of sp³-hybridized carbons (Fsp3) is 0.227. The summed E-state index contributed by atoms with van der Waals surface area (Å²) in [5, 5.41) is 19.4. The van der Waals surface area contributed by atoms with E-state index in [1.165, 1.54) is 22.3 Å². The first-order valence-corrected chi connectivity index (χ1v) is 10.2. The van der Waals surface area contributed by atoms with Gasteiger partial charge in [-0.1, -0.05) is 56.3 Å². The van der Waals surface area contributed by atoms with Crippen LogP contribution in [0, 0.1) is 0 Å². The Labute approximate surface area is 172 Å². The van der Waals surface area contributed by atoms with Gasteiger partial charge in [-0.05, 0) is 33.9 Å². The molecule has 0 fully saturated rings. The molecule has 2 aliphatic rings. The summed E-state index contributed by atoms with van der Waals surface area (Å²) in [6.07, 6.45) is 10.6. The Morgan fingerprint density at radius 3 is 2.67 bits per heavy atom. The number of allylic oxidation sites excluding steroid dienone is 6. The Hall–Kier alpha value is -3.81. The lowest BCUT2D eigenvalue weighted by molar-refractivity contribution is 0.500. The number of benzene rings is 1. The quantitative estimate of drug-likeness (QED) is 0.559. The fourth-order valence-corrected chi connectivity index (χ4v) is 4.35. The van der Waals surface area contributed by atoms with Crippen molar-refractivity contribution in [1.29, 1.82) is 0 Å². The van der Waals surface area contributed by atoms with Crippen LogP contribution in [0.5, 0.6) is 0 Å². The Morgan fingerprint density at radius 2 is 1.93 bits per heavy atom. The summed E-state index contributed by atoms with van der Waals surface area (Å²) in [5.74, 6) is 1.47. The van der Waals surface area contributed by atoms with Crippen LogP contribution in [-0.4, -0.2) is 40.0 Å². The Bertz CT molecular complexity index is 1360. The zero-order valence-electron chi connectivity index (χ0n) is 16.7. The van der Waals surface area contributed by atoms with E-state index in [9.17, 15) is 0 Å². The van der Waals surface area contributed by atoms with Gasteiger partial charge in [-0.15, -0.1) is 15.3 Å². The molecule has 3 aromatic heterocycles. The molecule has 4 aromatic rings. The van der Waals surface area contributed by atoms with E-state index in [4.69, 9.17) is 10.1 Å². The number of tetrazole rings is 1. The maximum absolute atomic E-state index is 4.75. The average Bonchev–Trinajstić information content (AvgIpc) is 3.51. The highest BCUT2D eigenvalue weighted by Gasteiger charge is 2.36. The summed E-state index contributed by atoms with van der Waals surface area (Å²) < 4.78 is 4.18. The van der Waals surface area contributed by atoms with Crippen molar-refractivity contribution in [1.82, 2.24) is 40.0 Å². The molecule has 3 heterocycles. The van der Waals surface area contributed by atoms with Gasteiger partial charge in [0.15, 0.2) is 11.5 Å². The molecule has 1 N–H and O–H groups in total. The highest BCUT2D eigenvalue weighted by molar-refractivity contribution is 5.93. The third-order valence-electron chi connectivity index (χ3n) is 5.88. The van der Waals surface area contributed by atoms with E-state index in [0.29, 0.717) is 5.82 Å². The minimum Gasteiger partial charge on any atom is -0.258 e. The number of rotatable bonds is 5. The number of fused-ring (bicyclic) bond motifs is 3. The third kappa shape index (κ3) is 2.30. The van der Waals surface area contributed by atoms with Crippen LogP contribution in [0.25, 0.3) is 22.6 Å². The van der Waals surface area contributed by atoms with Crippen LogP contribution in [-0.2, 0) is 12.8 Å². The van der Waals surface area contributed by atoms with Crippen LogP contribution in [0.3, 0.4) is 0 Å². The molecule has 148 valence electrons. The summed E-state index contributed by atoms with van der Waals surface area (Å²) in [6, 6.07) is 8.30. The zero-order valence-corrected chi connectivity index (χ0v) is 16.7. The minimum absolute atomic E-state index is 0.123. The van der Waals surface area contributed by atoms with Crippen LogP contribution in [0.2, 0.25) is 0 Å². The Kier molecular flexibility index (Phi) is 3.61. The van der Waals surface area contributed by atoms with Crippen molar-refractivity contribution >= 4 is 11.2 Å². The van der Waals surface area contributed by atoms with E-state index >= 15 is 0 Å². The molecule has 0 saturated carbocycles. The van der Waals surface area contributed by atoms with E-state index in [1.54, 1.807) is 0 Å². The number of aromatic nitrogens is 8. The predicted octanol–water partition coefficient (Wildman–Crippen LogP) is 3.34. The topological polar surface area (TPSA) is 89.6 Å². The molecule has 0 aliphatic heterocycles. The molecule has 0 amide bonds. The number of hydrogen-bond donors (Lipinski definition) is 1. The summed E-state index contributed by atoms with van der Waals surface area (Å²) in [4.78, 5) is 4.73. The van der Waals surface area contributed by atoms with E-state index in [0.717, 1.165) is 35.4 Å². The van der Waals surface area contributed by atoms with E-state index in [1.807, 2.05) is 22.8 Å². The fourth-order valence-electron chi connectivity index (χ4n) is 4.35. The molecule has 6 rings (SSSR count). The first-order chi connectivity index (χ1) is 14.8. The maximum Gasteiger partial charge on any atom is 0.205 e. The van der Waals surface area contributed by atoms with Gasteiger partial charge >= 0.3 is 0 Å². The van der Waals surface area contributed by atoms with Crippen molar-refractivity contribution in [3.63, 3.8) is 0 Å². The van der Waals surface area contributed by atoms with Gasteiger partial charge in [0.25, 0.3) is 0 Å². The lowest BCUT2D eigenvalue weighted by Gasteiger charge is -2.36.